The highest BCUT2D eigenvalue weighted by Crippen LogP contribution is 2.31. The van der Waals surface area contributed by atoms with Gasteiger partial charge in [0.2, 0.25) is 0 Å². The maximum Gasteiger partial charge on any atom is 0.251 e. The van der Waals surface area contributed by atoms with Crippen molar-refractivity contribution in [3.05, 3.63) is 58.4 Å². The Morgan fingerprint density at radius 3 is 2.65 bits per heavy atom. The number of rotatable bonds is 6. The smallest absolute Gasteiger partial charge is 0.251 e. The number of hydrogen-bond acceptors (Lipinski definition) is 6. The number of nitrogens with one attached hydrogen (secondary N) is 1. The molecule has 1 aromatic carbocycles. The number of benzene rings is 1. The summed E-state index contributed by atoms with van der Waals surface area (Å²) in [5, 5.41) is 13.5. The fourth-order valence-corrected chi connectivity index (χ4v) is 3.04. The fourth-order valence-electron chi connectivity index (χ4n) is 2.13. The second-order valence-electron chi connectivity index (χ2n) is 6.33. The highest BCUT2D eigenvalue weighted by Gasteiger charge is 2.13. The third-order valence-corrected chi connectivity index (χ3v) is 4.88. The number of phenolic OH excluding ortho intramolecular Hbond substituents is 1. The van der Waals surface area contributed by atoms with Crippen molar-refractivity contribution in [1.29, 1.82) is 0 Å². The van der Waals surface area contributed by atoms with Gasteiger partial charge in [0, 0.05) is 33.6 Å². The minimum atomic E-state index is -0.326. The van der Waals surface area contributed by atoms with Gasteiger partial charge in [-0.2, -0.15) is 0 Å². The molecule has 1 aromatic heterocycles. The van der Waals surface area contributed by atoms with Crippen molar-refractivity contribution in [2.75, 3.05) is 6.54 Å². The molecule has 1 heterocycles. The zero-order valence-corrected chi connectivity index (χ0v) is 15.9. The third kappa shape index (κ3) is 5.35. The number of amides is 1. The van der Waals surface area contributed by atoms with Gasteiger partial charge < -0.3 is 21.9 Å². The number of phenols is 1. The average molecular weight is 372 g/mol. The summed E-state index contributed by atoms with van der Waals surface area (Å²) in [6.07, 6.45) is 5.14. The molecule has 2 rings (SSSR count). The molecule has 0 fully saturated rings. The molecular formula is C19H24N4O2S. The largest absolute Gasteiger partial charge is 0.508 e. The van der Waals surface area contributed by atoms with Crippen LogP contribution in [0.5, 0.6) is 5.75 Å². The van der Waals surface area contributed by atoms with Crippen molar-refractivity contribution in [2.24, 2.45) is 11.5 Å². The number of allylic oxidation sites excluding steroid dienone is 3. The zero-order valence-electron chi connectivity index (χ0n) is 15.1. The number of carbonyl (C=O) groups excluding carboxylic acids is 1. The first-order valence-electron chi connectivity index (χ1n) is 8.23. The molecule has 0 bridgehead atoms. The summed E-state index contributed by atoms with van der Waals surface area (Å²) >= 11 is 1.55. The Morgan fingerprint density at radius 2 is 2.04 bits per heavy atom. The van der Waals surface area contributed by atoms with E-state index < -0.39 is 0 Å². The molecule has 138 valence electrons. The summed E-state index contributed by atoms with van der Waals surface area (Å²) in [4.78, 5) is 17.9. The highest BCUT2D eigenvalue weighted by atomic mass is 32.1. The molecule has 0 aliphatic heterocycles. The van der Waals surface area contributed by atoms with Crippen LogP contribution in [0.15, 0.2) is 47.9 Å². The number of carbonyl (C=O) groups is 1. The maximum absolute atomic E-state index is 12.4. The molecule has 26 heavy (non-hydrogen) atoms. The highest BCUT2D eigenvalue weighted by molar-refractivity contribution is 7.15. The number of hydrogen-bond donors (Lipinski definition) is 4. The molecule has 0 unspecified atom stereocenters. The normalized spacial score (nSPS) is 12.5. The number of aromatic hydroxyl groups is 1. The molecule has 0 aliphatic rings. The van der Waals surface area contributed by atoms with Crippen molar-refractivity contribution in [3.63, 3.8) is 0 Å². The lowest BCUT2D eigenvalue weighted by molar-refractivity contribution is 0.0956. The van der Waals surface area contributed by atoms with E-state index in [4.69, 9.17) is 11.5 Å². The molecule has 0 aliphatic carbocycles. The van der Waals surface area contributed by atoms with E-state index in [1.54, 1.807) is 42.5 Å². The average Bonchev–Trinajstić information content (AvgIpc) is 3.07. The molecule has 6 N–H and O–H groups in total. The Kier molecular flexibility index (Phi) is 6.41. The molecule has 6 nitrogen and oxygen atoms in total. The number of nitrogens with zero attached hydrogens (tertiary/aromatic N) is 1. The third-order valence-electron chi connectivity index (χ3n) is 3.53. The lowest BCUT2D eigenvalue weighted by atomic mass is 10.1. The standard InChI is InChI=1S/C19H24N4O2S/c1-11(2)17-10-23-19(26-17)14-6-13(7-16(24)8-14)18(25)22-9-15(21)5-4-12(3)20/h4-8,10-11,24H,9,20-21H2,1-3H3,(H,22,25)/b12-4-,15-5-. The Labute approximate surface area is 157 Å². The van der Waals surface area contributed by atoms with Gasteiger partial charge in [-0.15, -0.1) is 11.3 Å². The zero-order chi connectivity index (χ0) is 19.3. The Hall–Kier alpha value is -2.80. The van der Waals surface area contributed by atoms with E-state index in [2.05, 4.69) is 24.1 Å². The van der Waals surface area contributed by atoms with Gasteiger partial charge in [0.25, 0.3) is 5.91 Å². The molecule has 0 saturated heterocycles. The summed E-state index contributed by atoms with van der Waals surface area (Å²) in [7, 11) is 0. The van der Waals surface area contributed by atoms with E-state index in [0.29, 0.717) is 28.4 Å². The van der Waals surface area contributed by atoms with Gasteiger partial charge in [-0.05, 0) is 43.2 Å². The van der Waals surface area contributed by atoms with Crippen molar-refractivity contribution in [1.82, 2.24) is 10.3 Å². The van der Waals surface area contributed by atoms with Gasteiger partial charge in [0.1, 0.15) is 10.8 Å². The van der Waals surface area contributed by atoms with Crippen LogP contribution in [0.2, 0.25) is 0 Å². The molecular weight excluding hydrogens is 348 g/mol. The summed E-state index contributed by atoms with van der Waals surface area (Å²) in [6.45, 7) is 6.12. The predicted molar refractivity (Wildman–Crippen MR) is 106 cm³/mol. The fraction of sp³-hybridized carbons (Fsp3) is 0.263. The van der Waals surface area contributed by atoms with Crippen LogP contribution in [-0.2, 0) is 0 Å². The first-order chi connectivity index (χ1) is 12.3. The minimum absolute atomic E-state index is 0.0131. The molecule has 2 aromatic rings. The Morgan fingerprint density at radius 1 is 1.31 bits per heavy atom. The molecule has 7 heteroatoms. The van der Waals surface area contributed by atoms with Crippen LogP contribution in [0.3, 0.4) is 0 Å². The van der Waals surface area contributed by atoms with Crippen molar-refractivity contribution < 1.29 is 9.90 Å². The molecule has 0 saturated carbocycles. The second kappa shape index (κ2) is 8.53. The second-order valence-corrected chi connectivity index (χ2v) is 7.39. The maximum atomic E-state index is 12.4. The van der Waals surface area contributed by atoms with E-state index in [9.17, 15) is 9.90 Å². The van der Waals surface area contributed by atoms with Gasteiger partial charge in [-0.25, -0.2) is 4.98 Å². The quantitative estimate of drug-likeness (QED) is 0.582. The van der Waals surface area contributed by atoms with Crippen molar-refractivity contribution in [3.8, 4) is 16.3 Å². The monoisotopic (exact) mass is 372 g/mol. The lowest BCUT2D eigenvalue weighted by Crippen LogP contribution is -2.27. The number of aromatic nitrogens is 1. The first-order valence-corrected chi connectivity index (χ1v) is 9.04. The van der Waals surface area contributed by atoms with Crippen LogP contribution in [0.1, 0.15) is 41.9 Å². The van der Waals surface area contributed by atoms with Gasteiger partial charge >= 0.3 is 0 Å². The summed E-state index contributed by atoms with van der Waals surface area (Å²) in [5.41, 5.74) is 13.5. The number of thiazole rings is 1. The molecule has 1 amide bonds. The summed E-state index contributed by atoms with van der Waals surface area (Å²) in [5.74, 6) is 0.0639. The first kappa shape index (κ1) is 19.5. The van der Waals surface area contributed by atoms with E-state index >= 15 is 0 Å². The van der Waals surface area contributed by atoms with Crippen molar-refractivity contribution >= 4 is 17.2 Å². The Balaban J connectivity index is 2.16. The molecule has 0 atom stereocenters. The molecule has 0 radical (unpaired) electrons. The van der Waals surface area contributed by atoms with Crippen LogP contribution in [0, 0.1) is 0 Å². The van der Waals surface area contributed by atoms with Crippen LogP contribution >= 0.6 is 11.3 Å². The van der Waals surface area contributed by atoms with E-state index in [-0.39, 0.29) is 18.2 Å². The van der Waals surface area contributed by atoms with Crippen molar-refractivity contribution in [2.45, 2.75) is 26.7 Å². The lowest BCUT2D eigenvalue weighted by Gasteiger charge is -2.07. The van der Waals surface area contributed by atoms with Gasteiger partial charge in [0.05, 0.1) is 6.54 Å². The van der Waals surface area contributed by atoms with E-state index in [0.717, 1.165) is 9.88 Å². The summed E-state index contributed by atoms with van der Waals surface area (Å²) < 4.78 is 0. The predicted octanol–water partition coefficient (Wildman–Crippen LogP) is 3.07. The van der Waals surface area contributed by atoms with E-state index in [1.807, 2.05) is 6.20 Å². The van der Waals surface area contributed by atoms with Gasteiger partial charge in [-0.1, -0.05) is 13.8 Å². The van der Waals surface area contributed by atoms with Gasteiger partial charge in [0.15, 0.2) is 0 Å². The van der Waals surface area contributed by atoms with Gasteiger partial charge in [-0.3, -0.25) is 4.79 Å². The topological polar surface area (TPSA) is 114 Å². The van der Waals surface area contributed by atoms with Crippen LogP contribution in [0.25, 0.3) is 10.6 Å². The molecule has 0 spiro atoms. The SMILES string of the molecule is C/C(N)=C/C=C(\N)CNC(=O)c1cc(O)cc(-c2ncc(C(C)C)s2)c1. The number of nitrogens with two attached hydrogens (primary N) is 2. The van der Waals surface area contributed by atoms with Crippen LogP contribution in [-0.4, -0.2) is 22.5 Å². The minimum Gasteiger partial charge on any atom is -0.508 e. The van der Waals surface area contributed by atoms with Crippen LogP contribution in [0.4, 0.5) is 0 Å². The summed E-state index contributed by atoms with van der Waals surface area (Å²) in [6, 6.07) is 4.73. The van der Waals surface area contributed by atoms with Crippen LogP contribution < -0.4 is 16.8 Å². The Bertz CT molecular complexity index is 849. The van der Waals surface area contributed by atoms with E-state index in [1.165, 1.54) is 6.07 Å².